The van der Waals surface area contributed by atoms with Crippen LogP contribution in [0.1, 0.15) is 53.7 Å². The van der Waals surface area contributed by atoms with Crippen LogP contribution in [0.2, 0.25) is 0 Å². The van der Waals surface area contributed by atoms with Gasteiger partial charge in [0.2, 0.25) is 0 Å². The van der Waals surface area contributed by atoms with Gasteiger partial charge in [-0.15, -0.1) is 10.2 Å². The SMILES string of the molecule is CC(Nc1ccc(C(=O)NCc2nncn2C2CC2)cc1[N+](=O)[O-])c1ccccn1. The zero-order chi connectivity index (χ0) is 21.1. The minimum Gasteiger partial charge on any atom is -0.371 e. The molecule has 154 valence electrons. The van der Waals surface area contributed by atoms with Crippen LogP contribution >= 0.6 is 0 Å². The third-order valence-electron chi connectivity index (χ3n) is 4.95. The average molecular weight is 407 g/mol. The highest BCUT2D eigenvalue weighted by Crippen LogP contribution is 2.35. The number of hydrogen-bond acceptors (Lipinski definition) is 7. The van der Waals surface area contributed by atoms with E-state index in [0.29, 0.717) is 17.6 Å². The maximum absolute atomic E-state index is 12.5. The van der Waals surface area contributed by atoms with E-state index in [2.05, 4.69) is 25.8 Å². The first-order chi connectivity index (χ1) is 14.5. The Kier molecular flexibility index (Phi) is 5.38. The second kappa shape index (κ2) is 8.27. The van der Waals surface area contributed by atoms with Gasteiger partial charge in [0.05, 0.1) is 23.2 Å². The molecule has 0 saturated heterocycles. The van der Waals surface area contributed by atoms with Crippen molar-refractivity contribution in [1.82, 2.24) is 25.1 Å². The van der Waals surface area contributed by atoms with Crippen LogP contribution in [-0.4, -0.2) is 30.6 Å². The van der Waals surface area contributed by atoms with Gasteiger partial charge in [-0.3, -0.25) is 19.9 Å². The molecular formula is C20H21N7O3. The Morgan fingerprint density at radius 3 is 2.87 bits per heavy atom. The number of nitrogens with one attached hydrogen (secondary N) is 2. The second-order valence-corrected chi connectivity index (χ2v) is 7.18. The van der Waals surface area contributed by atoms with Crippen molar-refractivity contribution in [2.75, 3.05) is 5.32 Å². The maximum Gasteiger partial charge on any atom is 0.293 e. The van der Waals surface area contributed by atoms with Crippen molar-refractivity contribution < 1.29 is 9.72 Å². The van der Waals surface area contributed by atoms with Crippen molar-refractivity contribution in [2.45, 2.75) is 38.4 Å². The predicted octanol–water partition coefficient (Wildman–Crippen LogP) is 3.02. The molecule has 2 aromatic heterocycles. The van der Waals surface area contributed by atoms with E-state index in [1.807, 2.05) is 23.6 Å². The van der Waals surface area contributed by atoms with Crippen molar-refractivity contribution in [1.29, 1.82) is 0 Å². The van der Waals surface area contributed by atoms with E-state index < -0.39 is 10.8 Å². The first-order valence-electron chi connectivity index (χ1n) is 9.65. The second-order valence-electron chi connectivity index (χ2n) is 7.18. The number of amides is 1. The number of hydrogen-bond donors (Lipinski definition) is 2. The van der Waals surface area contributed by atoms with Crippen molar-refractivity contribution in [3.8, 4) is 0 Å². The number of nitro groups is 1. The number of benzene rings is 1. The van der Waals surface area contributed by atoms with Gasteiger partial charge in [-0.25, -0.2) is 0 Å². The number of carbonyl (C=O) groups is 1. The molecule has 0 aliphatic heterocycles. The number of nitro benzene ring substituents is 1. The van der Waals surface area contributed by atoms with Crippen LogP contribution < -0.4 is 10.6 Å². The van der Waals surface area contributed by atoms with E-state index in [9.17, 15) is 14.9 Å². The molecule has 1 amide bonds. The van der Waals surface area contributed by atoms with E-state index in [1.165, 1.54) is 6.07 Å². The molecule has 1 fully saturated rings. The lowest BCUT2D eigenvalue weighted by atomic mass is 10.1. The fraction of sp³-hybridized carbons (Fsp3) is 0.300. The van der Waals surface area contributed by atoms with Crippen LogP contribution in [0.25, 0.3) is 0 Å². The van der Waals surface area contributed by atoms with Gasteiger partial charge in [-0.05, 0) is 44.0 Å². The molecule has 1 unspecified atom stereocenters. The Labute approximate surface area is 172 Å². The topological polar surface area (TPSA) is 128 Å². The number of aromatic nitrogens is 4. The lowest BCUT2D eigenvalue weighted by molar-refractivity contribution is -0.384. The van der Waals surface area contributed by atoms with Gasteiger partial charge in [0.1, 0.15) is 12.0 Å². The highest BCUT2D eigenvalue weighted by Gasteiger charge is 2.26. The minimum atomic E-state index is -0.506. The summed E-state index contributed by atoms with van der Waals surface area (Å²) in [5.41, 5.74) is 1.11. The Morgan fingerprint density at radius 1 is 1.33 bits per heavy atom. The number of nitrogens with zero attached hydrogens (tertiary/aromatic N) is 5. The first kappa shape index (κ1) is 19.5. The Morgan fingerprint density at radius 2 is 2.17 bits per heavy atom. The molecule has 1 aliphatic carbocycles. The van der Waals surface area contributed by atoms with Crippen molar-refractivity contribution in [3.63, 3.8) is 0 Å². The van der Waals surface area contributed by atoms with Crippen LogP contribution in [0.15, 0.2) is 48.9 Å². The van der Waals surface area contributed by atoms with Gasteiger partial charge < -0.3 is 15.2 Å². The average Bonchev–Trinajstić information content (AvgIpc) is 3.50. The van der Waals surface area contributed by atoms with E-state index in [1.54, 1.807) is 30.7 Å². The van der Waals surface area contributed by atoms with Gasteiger partial charge in [0, 0.05) is 23.9 Å². The molecule has 0 bridgehead atoms. The first-order valence-corrected chi connectivity index (χ1v) is 9.65. The van der Waals surface area contributed by atoms with Crippen LogP contribution in [0.4, 0.5) is 11.4 Å². The summed E-state index contributed by atoms with van der Waals surface area (Å²) in [4.78, 5) is 27.9. The minimum absolute atomic E-state index is 0.174. The molecule has 1 saturated carbocycles. The van der Waals surface area contributed by atoms with E-state index in [-0.39, 0.29) is 23.8 Å². The molecule has 0 radical (unpaired) electrons. The van der Waals surface area contributed by atoms with Gasteiger partial charge in [0.25, 0.3) is 11.6 Å². The largest absolute Gasteiger partial charge is 0.371 e. The molecule has 1 atom stereocenters. The van der Waals surface area contributed by atoms with Crippen molar-refractivity contribution in [2.24, 2.45) is 0 Å². The number of pyridine rings is 1. The number of carbonyl (C=O) groups excluding carboxylic acids is 1. The van der Waals surface area contributed by atoms with Crippen molar-refractivity contribution in [3.05, 3.63) is 76.1 Å². The molecular weight excluding hydrogens is 386 g/mol. The summed E-state index contributed by atoms with van der Waals surface area (Å²) < 4.78 is 1.95. The maximum atomic E-state index is 12.5. The summed E-state index contributed by atoms with van der Waals surface area (Å²) >= 11 is 0. The summed E-state index contributed by atoms with van der Waals surface area (Å²) in [6.07, 6.45) is 5.49. The molecule has 2 heterocycles. The van der Waals surface area contributed by atoms with Crippen LogP contribution in [-0.2, 0) is 6.54 Å². The summed E-state index contributed by atoms with van der Waals surface area (Å²) in [6, 6.07) is 10.0. The molecule has 1 aromatic carbocycles. The number of anilines is 1. The molecule has 3 aromatic rings. The lowest BCUT2D eigenvalue weighted by Crippen LogP contribution is -2.24. The highest BCUT2D eigenvalue weighted by molar-refractivity contribution is 5.95. The molecule has 0 spiro atoms. The standard InChI is InChI=1S/C20H21N7O3/c1-13(16-4-2-3-9-21-16)24-17-8-5-14(10-18(17)27(29)30)20(28)22-11-19-25-23-12-26(19)15-6-7-15/h2-5,8-10,12-13,15,24H,6-7,11H2,1H3,(H,22,28). The summed E-state index contributed by atoms with van der Waals surface area (Å²) in [7, 11) is 0. The molecule has 10 heteroatoms. The van der Waals surface area contributed by atoms with Crippen LogP contribution in [0.3, 0.4) is 0 Å². The monoisotopic (exact) mass is 407 g/mol. The number of rotatable bonds is 8. The third-order valence-corrected chi connectivity index (χ3v) is 4.95. The predicted molar refractivity (Wildman–Crippen MR) is 109 cm³/mol. The Hall–Kier alpha value is -3.82. The highest BCUT2D eigenvalue weighted by atomic mass is 16.6. The molecule has 4 rings (SSSR count). The Bertz CT molecular complexity index is 1060. The fourth-order valence-electron chi connectivity index (χ4n) is 3.20. The fourth-order valence-corrected chi connectivity index (χ4v) is 3.20. The quantitative estimate of drug-likeness (QED) is 0.434. The molecule has 30 heavy (non-hydrogen) atoms. The molecule has 2 N–H and O–H groups in total. The van der Waals surface area contributed by atoms with Crippen LogP contribution in [0, 0.1) is 10.1 Å². The van der Waals surface area contributed by atoms with E-state index in [4.69, 9.17) is 0 Å². The summed E-state index contributed by atoms with van der Waals surface area (Å²) in [5, 5.41) is 25.4. The molecule has 10 nitrogen and oxygen atoms in total. The Balaban J connectivity index is 1.47. The molecule has 1 aliphatic rings. The zero-order valence-corrected chi connectivity index (χ0v) is 16.4. The zero-order valence-electron chi connectivity index (χ0n) is 16.4. The van der Waals surface area contributed by atoms with E-state index >= 15 is 0 Å². The van der Waals surface area contributed by atoms with Gasteiger partial charge in [-0.1, -0.05) is 6.07 Å². The van der Waals surface area contributed by atoms with Gasteiger partial charge >= 0.3 is 0 Å². The van der Waals surface area contributed by atoms with Crippen molar-refractivity contribution >= 4 is 17.3 Å². The summed E-state index contributed by atoms with van der Waals surface area (Å²) in [5.74, 6) is 0.260. The van der Waals surface area contributed by atoms with Gasteiger partial charge in [-0.2, -0.15) is 0 Å². The lowest BCUT2D eigenvalue weighted by Gasteiger charge is -2.15. The smallest absolute Gasteiger partial charge is 0.293 e. The summed E-state index contributed by atoms with van der Waals surface area (Å²) in [6.45, 7) is 2.07. The van der Waals surface area contributed by atoms with E-state index in [0.717, 1.165) is 18.5 Å². The normalized spacial score (nSPS) is 14.2. The van der Waals surface area contributed by atoms with Gasteiger partial charge in [0.15, 0.2) is 5.82 Å². The third kappa shape index (κ3) is 4.27. The van der Waals surface area contributed by atoms with Crippen LogP contribution in [0.5, 0.6) is 0 Å².